The van der Waals surface area contributed by atoms with Gasteiger partial charge in [0.1, 0.15) is 17.9 Å². The fourth-order valence-electron chi connectivity index (χ4n) is 2.76. The van der Waals surface area contributed by atoms with Crippen LogP contribution in [-0.2, 0) is 16.0 Å². The number of carbonyl (C=O) groups is 1. The van der Waals surface area contributed by atoms with E-state index in [4.69, 9.17) is 9.47 Å². The number of hydrogen-bond acceptors (Lipinski definition) is 5. The van der Waals surface area contributed by atoms with Gasteiger partial charge in [-0.1, -0.05) is 6.07 Å². The van der Waals surface area contributed by atoms with Gasteiger partial charge in [0.05, 0.1) is 13.2 Å². The normalized spacial score (nSPS) is 17.8. The highest BCUT2D eigenvalue weighted by Gasteiger charge is 2.23. The molecule has 0 radical (unpaired) electrons. The Morgan fingerprint density at radius 1 is 1.40 bits per heavy atom. The number of hydrogen-bond donors (Lipinski definition) is 0. The van der Waals surface area contributed by atoms with Gasteiger partial charge in [0, 0.05) is 37.0 Å². The van der Waals surface area contributed by atoms with E-state index in [1.165, 1.54) is 18.5 Å². The van der Waals surface area contributed by atoms with Gasteiger partial charge in [-0.05, 0) is 24.6 Å². The highest BCUT2D eigenvalue weighted by Crippen LogP contribution is 2.14. The molecular formula is C18H20FN3O3. The van der Waals surface area contributed by atoms with E-state index in [0.717, 1.165) is 12.1 Å². The van der Waals surface area contributed by atoms with Crippen LogP contribution in [0.2, 0.25) is 0 Å². The first kappa shape index (κ1) is 17.3. The zero-order chi connectivity index (χ0) is 17.5. The summed E-state index contributed by atoms with van der Waals surface area (Å²) in [5, 5.41) is 0. The van der Waals surface area contributed by atoms with E-state index < -0.39 is 5.82 Å². The second-order valence-corrected chi connectivity index (χ2v) is 5.93. The first-order valence-electron chi connectivity index (χ1n) is 8.19. The lowest BCUT2D eigenvalue weighted by Crippen LogP contribution is -2.39. The maximum Gasteiger partial charge on any atom is 0.260 e. The van der Waals surface area contributed by atoms with E-state index in [1.807, 2.05) is 6.07 Å². The second kappa shape index (κ2) is 8.53. The number of ether oxygens (including phenoxy) is 2. The molecule has 0 aliphatic carbocycles. The molecule has 2 aromatic rings. The molecule has 1 fully saturated rings. The van der Waals surface area contributed by atoms with Crippen LogP contribution in [0, 0.1) is 11.7 Å². The van der Waals surface area contributed by atoms with Crippen molar-refractivity contribution in [3.05, 3.63) is 54.4 Å². The summed E-state index contributed by atoms with van der Waals surface area (Å²) in [6.45, 7) is 2.05. The molecule has 3 rings (SSSR count). The molecule has 0 unspecified atom stereocenters. The lowest BCUT2D eigenvalue weighted by molar-refractivity contribution is -0.133. The monoisotopic (exact) mass is 345 g/mol. The van der Waals surface area contributed by atoms with Gasteiger partial charge in [0.2, 0.25) is 0 Å². The maximum absolute atomic E-state index is 13.2. The number of amides is 1. The Bertz CT molecular complexity index is 699. The highest BCUT2D eigenvalue weighted by molar-refractivity contribution is 5.77. The largest absolute Gasteiger partial charge is 0.484 e. The van der Waals surface area contributed by atoms with Crippen molar-refractivity contribution in [2.24, 2.45) is 5.92 Å². The Labute approximate surface area is 145 Å². The van der Waals surface area contributed by atoms with Crippen molar-refractivity contribution in [3.8, 4) is 5.75 Å². The van der Waals surface area contributed by atoms with E-state index >= 15 is 0 Å². The Hall–Kier alpha value is -2.54. The molecule has 1 saturated heterocycles. The summed E-state index contributed by atoms with van der Waals surface area (Å²) in [7, 11) is 0. The molecule has 25 heavy (non-hydrogen) atoms. The number of carbonyl (C=O) groups excluding carboxylic acids is 1. The summed E-state index contributed by atoms with van der Waals surface area (Å²) in [6, 6.07) is 7.63. The van der Waals surface area contributed by atoms with Gasteiger partial charge in [0.15, 0.2) is 6.61 Å². The van der Waals surface area contributed by atoms with Gasteiger partial charge >= 0.3 is 0 Å². The Kier molecular flexibility index (Phi) is 5.90. The minimum Gasteiger partial charge on any atom is -0.484 e. The van der Waals surface area contributed by atoms with Crippen LogP contribution < -0.4 is 4.74 Å². The van der Waals surface area contributed by atoms with Gasteiger partial charge in [0.25, 0.3) is 5.91 Å². The molecule has 1 amide bonds. The van der Waals surface area contributed by atoms with Crippen LogP contribution in [0.5, 0.6) is 5.75 Å². The fourth-order valence-corrected chi connectivity index (χ4v) is 2.76. The van der Waals surface area contributed by atoms with Crippen LogP contribution in [0.4, 0.5) is 4.39 Å². The molecule has 7 heteroatoms. The van der Waals surface area contributed by atoms with E-state index in [2.05, 4.69) is 9.97 Å². The summed E-state index contributed by atoms with van der Waals surface area (Å²) < 4.78 is 24.2. The summed E-state index contributed by atoms with van der Waals surface area (Å²) in [5.41, 5.74) is 0.925. The molecule has 1 atom stereocenters. The first-order chi connectivity index (χ1) is 12.2. The van der Waals surface area contributed by atoms with Crippen molar-refractivity contribution in [1.29, 1.82) is 0 Å². The third-order valence-corrected chi connectivity index (χ3v) is 3.99. The topological polar surface area (TPSA) is 64.5 Å². The van der Waals surface area contributed by atoms with Crippen molar-refractivity contribution in [1.82, 2.24) is 14.9 Å². The number of benzene rings is 1. The number of rotatable bonds is 5. The van der Waals surface area contributed by atoms with Crippen molar-refractivity contribution >= 4 is 5.91 Å². The Balaban J connectivity index is 1.55. The van der Waals surface area contributed by atoms with E-state index in [9.17, 15) is 9.18 Å². The molecule has 1 aliphatic rings. The molecule has 0 saturated carbocycles. The number of halogens is 1. The van der Waals surface area contributed by atoms with Gasteiger partial charge in [-0.3, -0.25) is 4.79 Å². The van der Waals surface area contributed by atoms with Crippen LogP contribution >= 0.6 is 0 Å². The van der Waals surface area contributed by atoms with Crippen molar-refractivity contribution in [3.63, 3.8) is 0 Å². The maximum atomic E-state index is 13.2. The van der Waals surface area contributed by atoms with Gasteiger partial charge in [-0.15, -0.1) is 0 Å². The van der Waals surface area contributed by atoms with Crippen LogP contribution in [0.3, 0.4) is 0 Å². The van der Waals surface area contributed by atoms with Crippen molar-refractivity contribution < 1.29 is 18.7 Å². The van der Waals surface area contributed by atoms with Crippen LogP contribution in [-0.4, -0.2) is 53.7 Å². The van der Waals surface area contributed by atoms with E-state index in [1.54, 1.807) is 23.2 Å². The standard InChI is InChI=1S/C18H20FN3O3/c19-15-2-1-3-17(9-15)25-12-18(23)22-6-7-24-11-14(10-22)8-16-4-5-20-13-21-16/h1-5,9,13-14H,6-8,10-12H2/t14-/m1/s1. The Morgan fingerprint density at radius 2 is 2.32 bits per heavy atom. The third kappa shape index (κ3) is 5.22. The molecule has 2 heterocycles. The zero-order valence-electron chi connectivity index (χ0n) is 13.8. The Morgan fingerprint density at radius 3 is 3.12 bits per heavy atom. The SMILES string of the molecule is O=C(COc1cccc(F)c1)N1CCOC[C@H](Cc2ccncn2)C1. The zero-order valence-corrected chi connectivity index (χ0v) is 13.8. The number of aromatic nitrogens is 2. The molecule has 0 spiro atoms. The van der Waals surface area contributed by atoms with Crippen LogP contribution in [0.1, 0.15) is 5.69 Å². The summed E-state index contributed by atoms with van der Waals surface area (Å²) in [4.78, 5) is 22.3. The van der Waals surface area contributed by atoms with Crippen LogP contribution in [0.25, 0.3) is 0 Å². The quantitative estimate of drug-likeness (QED) is 0.825. The predicted molar refractivity (Wildman–Crippen MR) is 88.5 cm³/mol. The third-order valence-electron chi connectivity index (χ3n) is 3.99. The lowest BCUT2D eigenvalue weighted by Gasteiger charge is -2.23. The average Bonchev–Trinajstić information content (AvgIpc) is 2.86. The van der Waals surface area contributed by atoms with Crippen LogP contribution in [0.15, 0.2) is 42.9 Å². The molecular weight excluding hydrogens is 325 g/mol. The molecule has 1 aromatic carbocycles. The summed E-state index contributed by atoms with van der Waals surface area (Å²) in [5.74, 6) is -0.0204. The molecule has 132 valence electrons. The van der Waals surface area contributed by atoms with E-state index in [0.29, 0.717) is 32.1 Å². The minimum atomic E-state index is -0.391. The highest BCUT2D eigenvalue weighted by atomic mass is 19.1. The first-order valence-corrected chi connectivity index (χ1v) is 8.19. The minimum absolute atomic E-state index is 0.121. The predicted octanol–water partition coefficient (Wildman–Crippen LogP) is 1.71. The fraction of sp³-hybridized carbons (Fsp3) is 0.389. The lowest BCUT2D eigenvalue weighted by atomic mass is 10.0. The van der Waals surface area contributed by atoms with Gasteiger partial charge in [-0.2, -0.15) is 0 Å². The molecule has 1 aromatic heterocycles. The smallest absolute Gasteiger partial charge is 0.260 e. The second-order valence-electron chi connectivity index (χ2n) is 5.93. The molecule has 0 bridgehead atoms. The average molecular weight is 345 g/mol. The molecule has 0 N–H and O–H groups in total. The van der Waals surface area contributed by atoms with Gasteiger partial charge in [-0.25, -0.2) is 14.4 Å². The summed E-state index contributed by atoms with van der Waals surface area (Å²) in [6.07, 6.45) is 3.94. The molecule has 1 aliphatic heterocycles. The summed E-state index contributed by atoms with van der Waals surface area (Å²) >= 11 is 0. The van der Waals surface area contributed by atoms with E-state index in [-0.39, 0.29) is 18.4 Å². The van der Waals surface area contributed by atoms with Crippen molar-refractivity contribution in [2.45, 2.75) is 6.42 Å². The molecule has 6 nitrogen and oxygen atoms in total. The van der Waals surface area contributed by atoms with Gasteiger partial charge < -0.3 is 14.4 Å². The van der Waals surface area contributed by atoms with Crippen molar-refractivity contribution in [2.75, 3.05) is 32.9 Å². The number of nitrogens with zero attached hydrogens (tertiary/aromatic N) is 3.